The first-order valence-corrected chi connectivity index (χ1v) is 4.08. The molecule has 13 heavy (non-hydrogen) atoms. The van der Waals surface area contributed by atoms with E-state index in [4.69, 9.17) is 5.26 Å². The van der Waals surface area contributed by atoms with Gasteiger partial charge in [-0.3, -0.25) is 0 Å². The summed E-state index contributed by atoms with van der Waals surface area (Å²) in [6.07, 6.45) is 1.59. The summed E-state index contributed by atoms with van der Waals surface area (Å²) in [6, 6.07) is 11.9. The lowest BCUT2D eigenvalue weighted by Crippen LogP contribution is -1.82. The second kappa shape index (κ2) is 4.27. The van der Waals surface area contributed by atoms with Gasteiger partial charge in [-0.05, 0) is 18.1 Å². The first kappa shape index (κ1) is 9.28. The van der Waals surface area contributed by atoms with Crippen LogP contribution in [0.3, 0.4) is 0 Å². The van der Waals surface area contributed by atoms with E-state index in [9.17, 15) is 0 Å². The van der Waals surface area contributed by atoms with Crippen LogP contribution in [-0.2, 0) is 0 Å². The minimum absolute atomic E-state index is 0.631. The second-order valence-corrected chi connectivity index (χ2v) is 2.72. The maximum absolute atomic E-state index is 8.78. The fourth-order valence-electron chi connectivity index (χ4n) is 1.13. The molecule has 0 spiro atoms. The molecular formula is C12H11N. The van der Waals surface area contributed by atoms with Gasteiger partial charge in [-0.15, -0.1) is 0 Å². The van der Waals surface area contributed by atoms with Gasteiger partial charge in [0.05, 0.1) is 11.6 Å². The minimum Gasteiger partial charge on any atom is -0.192 e. The first-order valence-electron chi connectivity index (χ1n) is 4.08. The van der Waals surface area contributed by atoms with Gasteiger partial charge in [-0.2, -0.15) is 5.26 Å². The van der Waals surface area contributed by atoms with Gasteiger partial charge in [0.15, 0.2) is 0 Å². The topological polar surface area (TPSA) is 23.8 Å². The smallest absolute Gasteiger partial charge is 0.0994 e. The fraction of sp³-hybridized carbons (Fsp3) is 0.0833. The van der Waals surface area contributed by atoms with Gasteiger partial charge >= 0.3 is 0 Å². The van der Waals surface area contributed by atoms with Crippen LogP contribution in [0, 0.1) is 11.3 Å². The van der Waals surface area contributed by atoms with Crippen LogP contribution in [-0.4, -0.2) is 0 Å². The number of nitriles is 1. The third-order valence-corrected chi connectivity index (χ3v) is 1.94. The largest absolute Gasteiger partial charge is 0.192 e. The molecule has 1 heteroatoms. The molecule has 0 atom stereocenters. The highest BCUT2D eigenvalue weighted by Gasteiger charge is 1.99. The molecule has 0 saturated carbocycles. The SMILES string of the molecule is C=CC(C#N)=C(C)c1ccccc1. The molecule has 0 saturated heterocycles. The van der Waals surface area contributed by atoms with Gasteiger partial charge in [0.25, 0.3) is 0 Å². The number of nitrogens with zero attached hydrogens (tertiary/aromatic N) is 1. The molecule has 0 aliphatic carbocycles. The van der Waals surface area contributed by atoms with Gasteiger partial charge in [0.2, 0.25) is 0 Å². The van der Waals surface area contributed by atoms with Crippen LogP contribution in [0.15, 0.2) is 48.6 Å². The number of hydrogen-bond acceptors (Lipinski definition) is 1. The van der Waals surface area contributed by atoms with E-state index in [0.29, 0.717) is 5.57 Å². The van der Waals surface area contributed by atoms with E-state index >= 15 is 0 Å². The van der Waals surface area contributed by atoms with Crippen molar-refractivity contribution >= 4 is 5.57 Å². The van der Waals surface area contributed by atoms with Crippen molar-refractivity contribution in [2.45, 2.75) is 6.92 Å². The van der Waals surface area contributed by atoms with Gasteiger partial charge < -0.3 is 0 Å². The lowest BCUT2D eigenvalue weighted by molar-refractivity contribution is 1.47. The van der Waals surface area contributed by atoms with E-state index in [1.807, 2.05) is 37.3 Å². The summed E-state index contributed by atoms with van der Waals surface area (Å²) >= 11 is 0. The lowest BCUT2D eigenvalue weighted by Gasteiger charge is -2.01. The van der Waals surface area contributed by atoms with E-state index in [1.165, 1.54) is 0 Å². The normalized spacial score (nSPS) is 11.4. The monoisotopic (exact) mass is 169 g/mol. The molecule has 0 aliphatic heterocycles. The Bertz CT molecular complexity index is 366. The zero-order valence-corrected chi connectivity index (χ0v) is 7.62. The Morgan fingerprint density at radius 3 is 2.46 bits per heavy atom. The Labute approximate surface area is 78.6 Å². The van der Waals surface area contributed by atoms with Crippen molar-refractivity contribution in [3.63, 3.8) is 0 Å². The van der Waals surface area contributed by atoms with E-state index in [1.54, 1.807) is 6.08 Å². The molecule has 0 heterocycles. The van der Waals surface area contributed by atoms with Crippen molar-refractivity contribution in [3.05, 3.63) is 54.1 Å². The third kappa shape index (κ3) is 2.07. The number of benzene rings is 1. The van der Waals surface area contributed by atoms with Crippen LogP contribution in [0.25, 0.3) is 5.57 Å². The van der Waals surface area contributed by atoms with Crippen LogP contribution in [0.5, 0.6) is 0 Å². The number of hydrogen-bond donors (Lipinski definition) is 0. The summed E-state index contributed by atoms with van der Waals surface area (Å²) in [5, 5.41) is 8.78. The van der Waals surface area contributed by atoms with Crippen molar-refractivity contribution < 1.29 is 0 Å². The fourth-order valence-corrected chi connectivity index (χ4v) is 1.13. The standard InChI is InChI=1S/C12H11N/c1-3-11(9-13)10(2)12-7-5-4-6-8-12/h3-8H,1H2,2H3. The Morgan fingerprint density at radius 2 is 2.00 bits per heavy atom. The molecule has 0 bridgehead atoms. The van der Waals surface area contributed by atoms with E-state index in [0.717, 1.165) is 11.1 Å². The molecule has 1 nitrogen and oxygen atoms in total. The van der Waals surface area contributed by atoms with Crippen LogP contribution in [0.2, 0.25) is 0 Å². The Kier molecular flexibility index (Phi) is 3.05. The highest BCUT2D eigenvalue weighted by atomic mass is 14.2. The predicted octanol–water partition coefficient (Wildman–Crippen LogP) is 3.17. The molecule has 0 aromatic heterocycles. The number of allylic oxidation sites excluding steroid dienone is 3. The van der Waals surface area contributed by atoms with Crippen molar-refractivity contribution in [3.8, 4) is 6.07 Å². The quantitative estimate of drug-likeness (QED) is 0.492. The van der Waals surface area contributed by atoms with Crippen molar-refractivity contribution in [2.75, 3.05) is 0 Å². The molecule has 1 aromatic carbocycles. The molecule has 0 unspecified atom stereocenters. The summed E-state index contributed by atoms with van der Waals surface area (Å²) in [5.41, 5.74) is 2.67. The molecule has 1 rings (SSSR count). The first-order chi connectivity index (χ1) is 6.29. The maximum atomic E-state index is 8.78. The van der Waals surface area contributed by atoms with Gasteiger partial charge in [-0.25, -0.2) is 0 Å². The molecule has 0 amide bonds. The summed E-state index contributed by atoms with van der Waals surface area (Å²) in [4.78, 5) is 0. The summed E-state index contributed by atoms with van der Waals surface area (Å²) in [7, 11) is 0. The molecule has 0 radical (unpaired) electrons. The van der Waals surface area contributed by atoms with E-state index < -0.39 is 0 Å². The number of rotatable bonds is 2. The maximum Gasteiger partial charge on any atom is 0.0994 e. The van der Waals surface area contributed by atoms with Gasteiger partial charge in [0.1, 0.15) is 0 Å². The third-order valence-electron chi connectivity index (χ3n) is 1.94. The van der Waals surface area contributed by atoms with Crippen LogP contribution in [0.1, 0.15) is 12.5 Å². The zero-order valence-electron chi connectivity index (χ0n) is 7.62. The van der Waals surface area contributed by atoms with Crippen molar-refractivity contribution in [1.82, 2.24) is 0 Å². The highest BCUT2D eigenvalue weighted by molar-refractivity contribution is 5.72. The van der Waals surface area contributed by atoms with Gasteiger partial charge in [-0.1, -0.05) is 43.0 Å². The second-order valence-electron chi connectivity index (χ2n) is 2.72. The van der Waals surface area contributed by atoms with Crippen molar-refractivity contribution in [2.24, 2.45) is 0 Å². The molecule has 0 aliphatic rings. The lowest BCUT2D eigenvalue weighted by atomic mass is 10.0. The van der Waals surface area contributed by atoms with Crippen LogP contribution >= 0.6 is 0 Å². The van der Waals surface area contributed by atoms with Gasteiger partial charge in [0, 0.05) is 0 Å². The average molecular weight is 169 g/mol. The Hall–Kier alpha value is -1.81. The Morgan fingerprint density at radius 1 is 1.38 bits per heavy atom. The van der Waals surface area contributed by atoms with E-state index in [2.05, 4.69) is 12.6 Å². The average Bonchev–Trinajstić information content (AvgIpc) is 2.21. The van der Waals surface area contributed by atoms with Crippen LogP contribution in [0.4, 0.5) is 0 Å². The summed E-state index contributed by atoms with van der Waals surface area (Å²) in [6.45, 7) is 5.52. The minimum atomic E-state index is 0.631. The molecule has 0 fully saturated rings. The van der Waals surface area contributed by atoms with E-state index in [-0.39, 0.29) is 0 Å². The zero-order chi connectivity index (χ0) is 9.68. The Balaban J connectivity index is 3.18. The molecule has 0 N–H and O–H groups in total. The van der Waals surface area contributed by atoms with Crippen molar-refractivity contribution in [1.29, 1.82) is 5.26 Å². The molecule has 64 valence electrons. The van der Waals surface area contributed by atoms with Crippen LogP contribution < -0.4 is 0 Å². The predicted molar refractivity (Wildman–Crippen MR) is 54.8 cm³/mol. The summed E-state index contributed by atoms with van der Waals surface area (Å²) < 4.78 is 0. The molecule has 1 aromatic rings. The molecular weight excluding hydrogens is 158 g/mol. The summed E-state index contributed by atoms with van der Waals surface area (Å²) in [5.74, 6) is 0. The highest BCUT2D eigenvalue weighted by Crippen LogP contribution is 2.17.